The summed E-state index contributed by atoms with van der Waals surface area (Å²) in [5, 5.41) is 20.6. The molecule has 102 valence electrons. The van der Waals surface area contributed by atoms with Gasteiger partial charge in [0.2, 0.25) is 11.7 Å². The molecule has 1 aliphatic rings. The van der Waals surface area contributed by atoms with Gasteiger partial charge in [-0.1, -0.05) is 0 Å². The molecule has 1 saturated heterocycles. The van der Waals surface area contributed by atoms with Crippen LogP contribution in [0.2, 0.25) is 0 Å². The number of rotatable bonds is 1. The lowest BCUT2D eigenvalue weighted by molar-refractivity contribution is -0.132. The summed E-state index contributed by atoms with van der Waals surface area (Å²) in [6.07, 6.45) is 1.03. The van der Waals surface area contributed by atoms with E-state index in [9.17, 15) is 15.0 Å². The molecule has 0 amide bonds. The van der Waals surface area contributed by atoms with Gasteiger partial charge in [0.15, 0.2) is 5.72 Å². The minimum atomic E-state index is -1.71. The Balaban J connectivity index is 2.29. The van der Waals surface area contributed by atoms with Gasteiger partial charge in [-0.3, -0.25) is 4.57 Å². The van der Waals surface area contributed by atoms with E-state index in [0.29, 0.717) is 0 Å². The predicted molar refractivity (Wildman–Crippen MR) is 63.3 cm³/mol. The van der Waals surface area contributed by atoms with Crippen molar-refractivity contribution < 1.29 is 14.9 Å². The van der Waals surface area contributed by atoms with Crippen molar-refractivity contribution in [2.75, 3.05) is 12.3 Å². The van der Waals surface area contributed by atoms with E-state index in [1.54, 1.807) is 6.92 Å². The van der Waals surface area contributed by atoms with E-state index < -0.39 is 23.6 Å². The van der Waals surface area contributed by atoms with Crippen LogP contribution >= 0.6 is 0 Å². The molecule has 0 aromatic carbocycles. The Morgan fingerprint density at radius 2 is 2.26 bits per heavy atom. The number of fused-ring (bicyclic) bond motifs is 1. The number of aliphatic hydroxyl groups is 2. The molecule has 3 rings (SSSR count). The molecule has 3 atom stereocenters. The van der Waals surface area contributed by atoms with Crippen LogP contribution in [0.25, 0.3) is 5.78 Å². The number of hydrogen-bond acceptors (Lipinski definition) is 7. The maximum atomic E-state index is 11.6. The molecule has 9 nitrogen and oxygen atoms in total. The van der Waals surface area contributed by atoms with Gasteiger partial charge in [-0.15, -0.1) is 0 Å². The highest BCUT2D eigenvalue weighted by Gasteiger charge is 2.50. The third kappa shape index (κ3) is 1.49. The number of imidazole rings is 1. The van der Waals surface area contributed by atoms with Crippen molar-refractivity contribution in [3.63, 3.8) is 0 Å². The Hall–Kier alpha value is -1.97. The van der Waals surface area contributed by atoms with E-state index in [4.69, 9.17) is 10.5 Å². The van der Waals surface area contributed by atoms with Gasteiger partial charge >= 0.3 is 5.69 Å². The van der Waals surface area contributed by atoms with E-state index in [1.807, 2.05) is 0 Å². The molecule has 4 N–H and O–H groups in total. The highest BCUT2D eigenvalue weighted by molar-refractivity contribution is 5.36. The van der Waals surface area contributed by atoms with Crippen molar-refractivity contribution in [2.24, 2.45) is 0 Å². The van der Waals surface area contributed by atoms with Crippen LogP contribution in [-0.2, 0) is 10.5 Å². The molecule has 0 aliphatic carbocycles. The second kappa shape index (κ2) is 3.76. The Labute approximate surface area is 106 Å². The zero-order valence-corrected chi connectivity index (χ0v) is 10.1. The average Bonchev–Trinajstić information content (AvgIpc) is 2.87. The molecule has 1 fully saturated rings. The van der Waals surface area contributed by atoms with E-state index >= 15 is 0 Å². The number of aliphatic hydroxyl groups excluding tert-OH is 1. The summed E-state index contributed by atoms with van der Waals surface area (Å²) in [5.41, 5.74) is 3.13. The van der Waals surface area contributed by atoms with Crippen LogP contribution in [0.5, 0.6) is 0 Å². The number of nitrogens with two attached hydrogens (primary N) is 1. The zero-order valence-electron chi connectivity index (χ0n) is 10.1. The van der Waals surface area contributed by atoms with Crippen molar-refractivity contribution in [1.29, 1.82) is 0 Å². The fourth-order valence-corrected chi connectivity index (χ4v) is 2.31. The fourth-order valence-electron chi connectivity index (χ4n) is 2.31. The molecule has 0 unspecified atom stereocenters. The standard InChI is InChI=1S/C10H13N5O4/c1-5-10(18,6(16)4-19-5)15-3-2-14-8(15)12-7(11)13-9(14)17/h2-3,5-6,16,18H,4H2,1H3,(H2,11,13,17)/t5-,6+,10+/m1/s1. The third-order valence-corrected chi connectivity index (χ3v) is 3.41. The number of ether oxygens (including phenoxy) is 1. The van der Waals surface area contributed by atoms with Crippen LogP contribution in [0.4, 0.5) is 5.95 Å². The Bertz CT molecular complexity index is 683. The molecule has 2 aromatic heterocycles. The largest absolute Gasteiger partial charge is 0.386 e. The lowest BCUT2D eigenvalue weighted by Crippen LogP contribution is -2.48. The van der Waals surface area contributed by atoms with Gasteiger partial charge < -0.3 is 20.7 Å². The van der Waals surface area contributed by atoms with Gasteiger partial charge in [-0.2, -0.15) is 9.97 Å². The number of nitrogen functional groups attached to an aromatic ring is 1. The smallest absolute Gasteiger partial charge is 0.357 e. The van der Waals surface area contributed by atoms with Crippen LogP contribution in [-0.4, -0.2) is 48.0 Å². The maximum absolute atomic E-state index is 11.6. The maximum Gasteiger partial charge on any atom is 0.357 e. The third-order valence-electron chi connectivity index (χ3n) is 3.41. The van der Waals surface area contributed by atoms with Crippen molar-refractivity contribution in [3.8, 4) is 0 Å². The summed E-state index contributed by atoms with van der Waals surface area (Å²) in [4.78, 5) is 19.0. The molecule has 2 aromatic rings. The lowest BCUT2D eigenvalue weighted by atomic mass is 10.0. The number of anilines is 1. The molecule has 0 bridgehead atoms. The molecule has 3 heterocycles. The minimum Gasteiger partial charge on any atom is -0.386 e. The minimum absolute atomic E-state index is 0.00714. The molecule has 0 spiro atoms. The van der Waals surface area contributed by atoms with Crippen LogP contribution in [0.3, 0.4) is 0 Å². The molecule has 19 heavy (non-hydrogen) atoms. The summed E-state index contributed by atoms with van der Waals surface area (Å²) < 4.78 is 7.63. The van der Waals surface area contributed by atoms with E-state index in [0.717, 1.165) is 4.40 Å². The highest BCUT2D eigenvalue weighted by atomic mass is 16.5. The van der Waals surface area contributed by atoms with Gasteiger partial charge in [-0.05, 0) is 6.92 Å². The molecule has 0 saturated carbocycles. The topological polar surface area (TPSA) is 128 Å². The molecule has 1 aliphatic heterocycles. The van der Waals surface area contributed by atoms with Gasteiger partial charge in [0.05, 0.1) is 6.61 Å². The first-order valence-corrected chi connectivity index (χ1v) is 5.70. The van der Waals surface area contributed by atoms with Crippen molar-refractivity contribution in [2.45, 2.75) is 24.9 Å². The zero-order chi connectivity index (χ0) is 13.8. The molecular formula is C10H13N5O4. The lowest BCUT2D eigenvalue weighted by Gasteiger charge is -2.30. The van der Waals surface area contributed by atoms with Gasteiger partial charge in [-0.25, -0.2) is 9.20 Å². The Morgan fingerprint density at radius 1 is 1.53 bits per heavy atom. The number of hydrogen-bond donors (Lipinski definition) is 3. The first-order valence-electron chi connectivity index (χ1n) is 5.70. The summed E-state index contributed by atoms with van der Waals surface area (Å²) >= 11 is 0. The van der Waals surface area contributed by atoms with E-state index in [2.05, 4.69) is 9.97 Å². The quantitative estimate of drug-likeness (QED) is 0.539. The van der Waals surface area contributed by atoms with Crippen LogP contribution in [0, 0.1) is 0 Å². The first-order chi connectivity index (χ1) is 8.94. The molecule has 0 radical (unpaired) electrons. The summed E-state index contributed by atoms with van der Waals surface area (Å²) in [7, 11) is 0. The Kier molecular flexibility index (Phi) is 2.39. The second-order valence-corrected chi connectivity index (χ2v) is 4.48. The van der Waals surface area contributed by atoms with Crippen LogP contribution in [0.1, 0.15) is 6.92 Å². The van der Waals surface area contributed by atoms with Crippen molar-refractivity contribution >= 4 is 11.7 Å². The number of nitrogens with zero attached hydrogens (tertiary/aromatic N) is 4. The van der Waals surface area contributed by atoms with Crippen LogP contribution < -0.4 is 11.4 Å². The van der Waals surface area contributed by atoms with Gasteiger partial charge in [0.25, 0.3) is 0 Å². The SMILES string of the molecule is C[C@H]1OC[C@H](O)[C@]1(O)n1ccn2c(=O)nc(N)nc12. The molecule has 9 heteroatoms. The summed E-state index contributed by atoms with van der Waals surface area (Å²) in [6, 6.07) is 0. The molecular weight excluding hydrogens is 254 g/mol. The normalized spacial score (nSPS) is 31.1. The predicted octanol–water partition coefficient (Wildman–Crippen LogP) is -2.10. The van der Waals surface area contributed by atoms with E-state index in [-0.39, 0.29) is 18.3 Å². The van der Waals surface area contributed by atoms with Gasteiger partial charge in [0, 0.05) is 12.4 Å². The summed E-state index contributed by atoms with van der Waals surface area (Å²) in [5.74, 6) is -0.106. The van der Waals surface area contributed by atoms with Gasteiger partial charge in [0.1, 0.15) is 12.2 Å². The summed E-state index contributed by atoms with van der Waals surface area (Å²) in [6.45, 7) is 1.61. The number of aromatic nitrogens is 4. The first kappa shape index (κ1) is 12.1. The second-order valence-electron chi connectivity index (χ2n) is 4.48. The van der Waals surface area contributed by atoms with Crippen molar-refractivity contribution in [1.82, 2.24) is 18.9 Å². The monoisotopic (exact) mass is 267 g/mol. The van der Waals surface area contributed by atoms with E-state index in [1.165, 1.54) is 17.0 Å². The van der Waals surface area contributed by atoms with Crippen LogP contribution in [0.15, 0.2) is 17.2 Å². The highest BCUT2D eigenvalue weighted by Crippen LogP contribution is 2.32. The van der Waals surface area contributed by atoms with Crippen molar-refractivity contribution in [3.05, 3.63) is 22.9 Å². The Morgan fingerprint density at radius 3 is 2.89 bits per heavy atom. The average molecular weight is 267 g/mol. The fraction of sp³-hybridized carbons (Fsp3) is 0.500.